The van der Waals surface area contributed by atoms with Gasteiger partial charge in [-0.2, -0.15) is 0 Å². The molecule has 4 heterocycles. The van der Waals surface area contributed by atoms with Crippen molar-refractivity contribution in [1.82, 2.24) is 24.9 Å². The normalized spacial score (nSPS) is 14.9. The van der Waals surface area contributed by atoms with E-state index in [0.717, 1.165) is 30.8 Å². The molecule has 0 radical (unpaired) electrons. The van der Waals surface area contributed by atoms with E-state index in [1.54, 1.807) is 28.8 Å². The molecule has 1 N–H and O–H groups in total. The number of aromatic nitrogens is 3. The summed E-state index contributed by atoms with van der Waals surface area (Å²) in [5.41, 5.74) is 2.23. The first-order chi connectivity index (χ1) is 17.8. The minimum atomic E-state index is -0.463. The van der Waals surface area contributed by atoms with E-state index in [-0.39, 0.29) is 24.3 Å². The predicted molar refractivity (Wildman–Crippen MR) is 142 cm³/mol. The van der Waals surface area contributed by atoms with Crippen LogP contribution in [0.2, 0.25) is 4.34 Å². The molecule has 11 heteroatoms. The van der Waals surface area contributed by atoms with Gasteiger partial charge in [-0.15, -0.1) is 11.3 Å². The zero-order chi connectivity index (χ0) is 26.1. The summed E-state index contributed by atoms with van der Waals surface area (Å²) in [5.74, 6) is 0.141. The summed E-state index contributed by atoms with van der Waals surface area (Å²) in [7, 11) is 1.33. The lowest BCUT2D eigenvalue weighted by atomic mass is 10.0. The molecule has 0 atom stereocenters. The maximum absolute atomic E-state index is 13.5. The third-order valence-electron chi connectivity index (χ3n) is 6.66. The molecule has 0 saturated carbocycles. The minimum Gasteiger partial charge on any atom is -0.465 e. The number of likely N-dealkylation sites (tertiary alicyclic amines) is 1. The van der Waals surface area contributed by atoms with E-state index in [1.807, 2.05) is 12.1 Å². The first-order valence-corrected chi connectivity index (χ1v) is 13.4. The molecule has 0 spiro atoms. The van der Waals surface area contributed by atoms with Gasteiger partial charge in [0.2, 0.25) is 0 Å². The van der Waals surface area contributed by atoms with Gasteiger partial charge in [0.1, 0.15) is 5.69 Å². The molecule has 1 amide bonds. The lowest BCUT2D eigenvalue weighted by molar-refractivity contribution is 0.0600. The molecule has 0 bridgehead atoms. The van der Waals surface area contributed by atoms with Crippen LogP contribution < -0.4 is 5.32 Å². The van der Waals surface area contributed by atoms with Crippen molar-refractivity contribution in [3.8, 4) is 10.6 Å². The van der Waals surface area contributed by atoms with E-state index < -0.39 is 5.97 Å². The van der Waals surface area contributed by atoms with Crippen LogP contribution in [0.15, 0.2) is 40.9 Å². The van der Waals surface area contributed by atoms with Crippen LogP contribution in [0.4, 0.5) is 0 Å². The molecular formula is C26H28ClN5O4S. The summed E-state index contributed by atoms with van der Waals surface area (Å²) >= 11 is 7.47. The summed E-state index contributed by atoms with van der Waals surface area (Å²) in [6.45, 7) is 6.52. The maximum atomic E-state index is 13.5. The number of imidazole rings is 1. The molecule has 1 fully saturated rings. The Morgan fingerprint density at radius 1 is 1.22 bits per heavy atom. The van der Waals surface area contributed by atoms with Gasteiger partial charge in [-0.1, -0.05) is 16.8 Å². The molecule has 1 aromatic carbocycles. The van der Waals surface area contributed by atoms with Crippen molar-refractivity contribution < 1.29 is 18.8 Å². The van der Waals surface area contributed by atoms with Gasteiger partial charge in [0.25, 0.3) is 5.91 Å². The number of carbonyl (C=O) groups excluding carboxylic acids is 2. The zero-order valence-corrected chi connectivity index (χ0v) is 22.4. The summed E-state index contributed by atoms with van der Waals surface area (Å²) in [5, 5.41) is 7.38. The Hall–Kier alpha value is -3.21. The number of nitrogens with one attached hydrogen (secondary N) is 1. The number of thiophene rings is 1. The molecule has 0 aliphatic carbocycles. The average Bonchev–Trinajstić information content (AvgIpc) is 3.62. The number of benzene rings is 1. The predicted octanol–water partition coefficient (Wildman–Crippen LogP) is 4.84. The quantitative estimate of drug-likeness (QED) is 0.334. The van der Waals surface area contributed by atoms with Crippen LogP contribution in [0, 0.1) is 0 Å². The summed E-state index contributed by atoms with van der Waals surface area (Å²) < 4.78 is 12.9. The van der Waals surface area contributed by atoms with Gasteiger partial charge in [0, 0.05) is 31.2 Å². The number of esters is 1. The number of ether oxygens (including phenoxy) is 1. The Kier molecular flexibility index (Phi) is 7.32. The molecule has 0 unspecified atom stereocenters. The van der Waals surface area contributed by atoms with Crippen molar-refractivity contribution in [1.29, 1.82) is 0 Å². The third-order valence-corrected chi connectivity index (χ3v) is 7.91. The molecular weight excluding hydrogens is 514 g/mol. The van der Waals surface area contributed by atoms with Crippen molar-refractivity contribution >= 4 is 45.8 Å². The van der Waals surface area contributed by atoms with Gasteiger partial charge >= 0.3 is 5.97 Å². The molecule has 9 nitrogen and oxygen atoms in total. The highest BCUT2D eigenvalue weighted by Crippen LogP contribution is 2.32. The maximum Gasteiger partial charge on any atom is 0.337 e. The van der Waals surface area contributed by atoms with E-state index in [4.69, 9.17) is 20.9 Å². The highest BCUT2D eigenvalue weighted by molar-refractivity contribution is 7.19. The first kappa shape index (κ1) is 25.4. The highest BCUT2D eigenvalue weighted by atomic mass is 35.5. The second-order valence-corrected chi connectivity index (χ2v) is 11.1. The number of piperidine rings is 1. The SMILES string of the molecule is COC(=O)c1ccc2c(c1)nc(C(=O)NC1CCN(C(C)C)CC1)n2Cc1cc(-c2ccc(Cl)s2)on1. The summed E-state index contributed by atoms with van der Waals surface area (Å²) in [6.07, 6.45) is 1.76. The lowest BCUT2D eigenvalue weighted by Gasteiger charge is -2.34. The Bertz CT molecular complexity index is 1430. The van der Waals surface area contributed by atoms with E-state index >= 15 is 0 Å². The molecule has 1 aliphatic rings. The van der Waals surface area contributed by atoms with Gasteiger partial charge in [-0.3, -0.25) is 4.79 Å². The van der Waals surface area contributed by atoms with Gasteiger partial charge in [0.15, 0.2) is 11.6 Å². The number of hydrogen-bond donors (Lipinski definition) is 1. The van der Waals surface area contributed by atoms with Crippen LogP contribution in [0.25, 0.3) is 21.7 Å². The Morgan fingerprint density at radius 2 is 2.00 bits per heavy atom. The topological polar surface area (TPSA) is 102 Å². The van der Waals surface area contributed by atoms with Crippen molar-refractivity contribution in [2.75, 3.05) is 20.2 Å². The van der Waals surface area contributed by atoms with Gasteiger partial charge < -0.3 is 24.0 Å². The van der Waals surface area contributed by atoms with Crippen LogP contribution in [0.3, 0.4) is 0 Å². The molecule has 5 rings (SSSR count). The van der Waals surface area contributed by atoms with Crippen molar-refractivity contribution in [2.45, 2.75) is 45.3 Å². The second-order valence-electron chi connectivity index (χ2n) is 9.38. The molecule has 4 aromatic rings. The van der Waals surface area contributed by atoms with Crippen molar-refractivity contribution in [3.63, 3.8) is 0 Å². The van der Waals surface area contributed by atoms with Crippen LogP contribution in [0.1, 0.15) is 53.4 Å². The van der Waals surface area contributed by atoms with E-state index in [9.17, 15) is 9.59 Å². The Labute approximate surface area is 223 Å². The summed E-state index contributed by atoms with van der Waals surface area (Å²) in [6, 6.07) is 11.1. The van der Waals surface area contributed by atoms with Crippen LogP contribution in [0.5, 0.6) is 0 Å². The number of rotatable bonds is 7. The number of carbonyl (C=O) groups is 2. The van der Waals surface area contributed by atoms with Crippen molar-refractivity contribution in [3.05, 3.63) is 57.8 Å². The van der Waals surface area contributed by atoms with Gasteiger partial charge in [-0.05, 0) is 57.0 Å². The lowest BCUT2D eigenvalue weighted by Crippen LogP contribution is -2.47. The summed E-state index contributed by atoms with van der Waals surface area (Å²) in [4.78, 5) is 33.4. The second kappa shape index (κ2) is 10.6. The molecule has 37 heavy (non-hydrogen) atoms. The first-order valence-electron chi connectivity index (χ1n) is 12.2. The fourth-order valence-corrected chi connectivity index (χ4v) is 5.62. The molecule has 3 aromatic heterocycles. The third kappa shape index (κ3) is 5.41. The minimum absolute atomic E-state index is 0.0728. The molecule has 194 valence electrons. The van der Waals surface area contributed by atoms with Crippen LogP contribution in [-0.4, -0.2) is 63.8 Å². The monoisotopic (exact) mass is 541 g/mol. The molecule has 1 saturated heterocycles. The van der Waals surface area contributed by atoms with E-state index in [2.05, 4.69) is 34.2 Å². The van der Waals surface area contributed by atoms with Gasteiger partial charge in [0.05, 0.1) is 39.5 Å². The number of nitrogens with zero attached hydrogens (tertiary/aromatic N) is 4. The van der Waals surface area contributed by atoms with Crippen LogP contribution in [-0.2, 0) is 11.3 Å². The largest absolute Gasteiger partial charge is 0.465 e. The number of hydrogen-bond acceptors (Lipinski definition) is 8. The van der Waals surface area contributed by atoms with E-state index in [0.29, 0.717) is 38.4 Å². The van der Waals surface area contributed by atoms with Crippen molar-refractivity contribution in [2.24, 2.45) is 0 Å². The zero-order valence-electron chi connectivity index (χ0n) is 20.9. The highest BCUT2D eigenvalue weighted by Gasteiger charge is 2.26. The number of methoxy groups -OCH3 is 1. The van der Waals surface area contributed by atoms with E-state index in [1.165, 1.54) is 18.4 Å². The van der Waals surface area contributed by atoms with Crippen LogP contribution >= 0.6 is 22.9 Å². The standard InChI is InChI=1S/C26H28ClN5O4S/c1-15(2)31-10-8-17(9-11-31)28-25(33)24-29-19-12-16(26(34)35-3)4-5-20(19)32(24)14-18-13-21(36-30-18)22-6-7-23(27)37-22/h4-7,12-13,15,17H,8-11,14H2,1-3H3,(H,28,33). The smallest absolute Gasteiger partial charge is 0.337 e. The number of amides is 1. The average molecular weight is 542 g/mol. The number of halogens is 1. The van der Waals surface area contributed by atoms with Gasteiger partial charge in [-0.25, -0.2) is 9.78 Å². The fourth-order valence-electron chi connectivity index (χ4n) is 4.63. The number of fused-ring (bicyclic) bond motifs is 1. The fraction of sp³-hybridized carbons (Fsp3) is 0.385. The Balaban J connectivity index is 1.44. The Morgan fingerprint density at radius 3 is 2.68 bits per heavy atom. The molecule has 1 aliphatic heterocycles.